The van der Waals surface area contributed by atoms with Gasteiger partial charge < -0.3 is 14.8 Å². The van der Waals surface area contributed by atoms with Crippen LogP contribution in [0.3, 0.4) is 0 Å². The van der Waals surface area contributed by atoms with Crippen molar-refractivity contribution >= 4 is 5.91 Å². The van der Waals surface area contributed by atoms with Crippen LogP contribution in [0.4, 0.5) is 8.78 Å². The number of methoxy groups -OCH3 is 1. The summed E-state index contributed by atoms with van der Waals surface area (Å²) in [7, 11) is 1.63. The normalized spacial score (nSPS) is 13.6. The van der Waals surface area contributed by atoms with E-state index in [1.54, 1.807) is 19.2 Å². The van der Waals surface area contributed by atoms with Crippen LogP contribution in [0.15, 0.2) is 48.5 Å². The minimum atomic E-state index is -2.84. The van der Waals surface area contributed by atoms with Crippen molar-refractivity contribution in [1.29, 1.82) is 0 Å². The molecule has 2 aromatic rings. The summed E-state index contributed by atoms with van der Waals surface area (Å²) >= 11 is 0. The molecular weight excluding hydrogens is 366 g/mol. The first kappa shape index (κ1) is 20.1. The number of ether oxygens (including phenoxy) is 2. The number of hydrogen-bond donors (Lipinski definition) is 1. The average molecular weight is 390 g/mol. The van der Waals surface area contributed by atoms with Gasteiger partial charge in [0.05, 0.1) is 13.7 Å². The van der Waals surface area contributed by atoms with E-state index in [9.17, 15) is 13.6 Å². The van der Waals surface area contributed by atoms with Crippen LogP contribution in [0.5, 0.6) is 11.5 Å². The molecule has 1 saturated carbocycles. The lowest BCUT2D eigenvalue weighted by Gasteiger charge is -2.21. The molecule has 1 fully saturated rings. The Kier molecular flexibility index (Phi) is 6.81. The van der Waals surface area contributed by atoms with E-state index in [1.165, 1.54) is 12.1 Å². The maximum Gasteiger partial charge on any atom is 0.387 e. The second-order valence-electron chi connectivity index (χ2n) is 6.78. The highest BCUT2D eigenvalue weighted by molar-refractivity contribution is 5.78. The molecule has 0 heterocycles. The second-order valence-corrected chi connectivity index (χ2v) is 6.78. The Morgan fingerprint density at radius 1 is 1.07 bits per heavy atom. The number of benzene rings is 2. The molecule has 0 unspecified atom stereocenters. The summed E-state index contributed by atoms with van der Waals surface area (Å²) in [4.78, 5) is 14.5. The number of alkyl halides is 2. The molecule has 1 amide bonds. The highest BCUT2D eigenvalue weighted by atomic mass is 19.3. The van der Waals surface area contributed by atoms with Gasteiger partial charge in [0.15, 0.2) is 0 Å². The summed E-state index contributed by atoms with van der Waals surface area (Å²) in [6, 6.07) is 14.6. The SMILES string of the molecule is COc1ccc(CN(CC(=O)NCc2ccc(OC(F)F)cc2)C2CC2)cc1. The van der Waals surface area contributed by atoms with Crippen molar-refractivity contribution in [2.45, 2.75) is 38.6 Å². The third-order valence-electron chi connectivity index (χ3n) is 4.59. The standard InChI is InChI=1S/C21H24F2N2O3/c1-27-18-8-4-16(5-9-18)13-25(17-6-7-17)14-20(26)24-12-15-2-10-19(11-3-15)28-21(22)23/h2-5,8-11,17,21H,6-7,12-14H2,1H3,(H,24,26). The quantitative estimate of drug-likeness (QED) is 0.674. The first-order valence-corrected chi connectivity index (χ1v) is 9.21. The fourth-order valence-electron chi connectivity index (χ4n) is 2.95. The molecule has 150 valence electrons. The predicted molar refractivity (Wildman–Crippen MR) is 101 cm³/mol. The van der Waals surface area contributed by atoms with Gasteiger partial charge in [-0.05, 0) is 48.2 Å². The second kappa shape index (κ2) is 9.50. The zero-order chi connectivity index (χ0) is 19.9. The predicted octanol–water partition coefficient (Wildman–Crippen LogP) is 3.58. The zero-order valence-corrected chi connectivity index (χ0v) is 15.7. The van der Waals surface area contributed by atoms with Crippen molar-refractivity contribution < 1.29 is 23.0 Å². The monoisotopic (exact) mass is 390 g/mol. The van der Waals surface area contributed by atoms with Crippen LogP contribution in [-0.2, 0) is 17.9 Å². The van der Waals surface area contributed by atoms with E-state index in [4.69, 9.17) is 4.74 Å². The Morgan fingerprint density at radius 3 is 2.25 bits per heavy atom. The van der Waals surface area contributed by atoms with E-state index < -0.39 is 6.61 Å². The van der Waals surface area contributed by atoms with Crippen molar-refractivity contribution in [1.82, 2.24) is 10.2 Å². The number of amides is 1. The Bertz CT molecular complexity index is 762. The lowest BCUT2D eigenvalue weighted by molar-refractivity contribution is -0.122. The number of halogens is 2. The smallest absolute Gasteiger partial charge is 0.387 e. The summed E-state index contributed by atoms with van der Waals surface area (Å²) in [6.07, 6.45) is 2.21. The molecule has 0 aromatic heterocycles. The first-order valence-electron chi connectivity index (χ1n) is 9.21. The van der Waals surface area contributed by atoms with Crippen LogP contribution in [0.25, 0.3) is 0 Å². The van der Waals surface area contributed by atoms with Crippen molar-refractivity contribution in [3.63, 3.8) is 0 Å². The molecule has 5 nitrogen and oxygen atoms in total. The molecule has 0 atom stereocenters. The third-order valence-corrected chi connectivity index (χ3v) is 4.59. The van der Waals surface area contributed by atoms with Crippen LogP contribution in [0.1, 0.15) is 24.0 Å². The summed E-state index contributed by atoms with van der Waals surface area (Å²) < 4.78 is 33.8. The zero-order valence-electron chi connectivity index (χ0n) is 15.7. The highest BCUT2D eigenvalue weighted by Gasteiger charge is 2.30. The fraction of sp³-hybridized carbons (Fsp3) is 0.381. The van der Waals surface area contributed by atoms with Gasteiger partial charge in [0.25, 0.3) is 0 Å². The van der Waals surface area contributed by atoms with Crippen molar-refractivity contribution in [2.24, 2.45) is 0 Å². The largest absolute Gasteiger partial charge is 0.497 e. The molecule has 0 radical (unpaired) electrons. The number of rotatable bonds is 10. The van der Waals surface area contributed by atoms with E-state index in [1.807, 2.05) is 24.3 Å². The highest BCUT2D eigenvalue weighted by Crippen LogP contribution is 2.28. The Hall–Kier alpha value is -2.67. The van der Waals surface area contributed by atoms with Crippen LogP contribution >= 0.6 is 0 Å². The lowest BCUT2D eigenvalue weighted by Crippen LogP contribution is -2.37. The number of nitrogens with zero attached hydrogens (tertiary/aromatic N) is 1. The van der Waals surface area contributed by atoms with Crippen LogP contribution in [0, 0.1) is 0 Å². The molecule has 2 aromatic carbocycles. The fourth-order valence-corrected chi connectivity index (χ4v) is 2.95. The maximum absolute atomic E-state index is 12.4. The molecule has 28 heavy (non-hydrogen) atoms. The topological polar surface area (TPSA) is 50.8 Å². The molecule has 3 rings (SSSR count). The van der Waals surface area contributed by atoms with Gasteiger partial charge in [-0.2, -0.15) is 8.78 Å². The summed E-state index contributed by atoms with van der Waals surface area (Å²) in [5, 5.41) is 2.89. The Labute approximate surface area is 163 Å². The summed E-state index contributed by atoms with van der Waals surface area (Å²) in [5.74, 6) is 0.849. The minimum Gasteiger partial charge on any atom is -0.497 e. The lowest BCUT2D eigenvalue weighted by atomic mass is 10.2. The Morgan fingerprint density at radius 2 is 1.68 bits per heavy atom. The van der Waals surface area contributed by atoms with Crippen LogP contribution in [0.2, 0.25) is 0 Å². The van der Waals surface area contributed by atoms with Crippen LogP contribution in [-0.4, -0.2) is 37.1 Å². The third kappa shape index (κ3) is 6.20. The van der Waals surface area contributed by atoms with E-state index in [-0.39, 0.29) is 11.7 Å². The Balaban J connectivity index is 1.48. The van der Waals surface area contributed by atoms with Gasteiger partial charge in [-0.15, -0.1) is 0 Å². The number of carbonyl (C=O) groups excluding carboxylic acids is 1. The van der Waals surface area contributed by atoms with Gasteiger partial charge in [0.1, 0.15) is 11.5 Å². The van der Waals surface area contributed by atoms with Crippen LogP contribution < -0.4 is 14.8 Å². The van der Waals surface area contributed by atoms with Crippen molar-refractivity contribution in [3.05, 3.63) is 59.7 Å². The first-order chi connectivity index (χ1) is 13.5. The van der Waals surface area contributed by atoms with Gasteiger partial charge in [-0.1, -0.05) is 24.3 Å². The summed E-state index contributed by atoms with van der Waals surface area (Å²) in [6.45, 7) is -1.47. The van der Waals surface area contributed by atoms with Gasteiger partial charge in [-0.3, -0.25) is 9.69 Å². The minimum absolute atomic E-state index is 0.0617. The molecule has 7 heteroatoms. The molecular formula is C21H24F2N2O3. The van der Waals surface area contributed by atoms with Crippen molar-refractivity contribution in [3.8, 4) is 11.5 Å². The molecule has 1 N–H and O–H groups in total. The molecule has 0 bridgehead atoms. The van der Waals surface area contributed by atoms with Gasteiger partial charge in [-0.25, -0.2) is 0 Å². The van der Waals surface area contributed by atoms with E-state index >= 15 is 0 Å². The van der Waals surface area contributed by atoms with Gasteiger partial charge in [0.2, 0.25) is 5.91 Å². The van der Waals surface area contributed by atoms with Crippen molar-refractivity contribution in [2.75, 3.05) is 13.7 Å². The maximum atomic E-state index is 12.4. The average Bonchev–Trinajstić information content (AvgIpc) is 3.52. The molecule has 0 aliphatic heterocycles. The van der Waals surface area contributed by atoms with E-state index in [0.29, 0.717) is 25.7 Å². The summed E-state index contributed by atoms with van der Waals surface area (Å²) in [5.41, 5.74) is 1.96. The van der Waals surface area contributed by atoms with E-state index in [0.717, 1.165) is 29.7 Å². The number of nitrogens with one attached hydrogen (secondary N) is 1. The molecule has 0 spiro atoms. The van der Waals surface area contributed by atoms with Gasteiger partial charge >= 0.3 is 6.61 Å². The number of hydrogen-bond acceptors (Lipinski definition) is 4. The number of carbonyl (C=O) groups is 1. The molecule has 1 aliphatic carbocycles. The van der Waals surface area contributed by atoms with E-state index in [2.05, 4.69) is 15.0 Å². The molecule has 0 saturated heterocycles. The van der Waals surface area contributed by atoms with Gasteiger partial charge in [0, 0.05) is 19.1 Å². The molecule has 1 aliphatic rings.